The Labute approximate surface area is 110 Å². The van der Waals surface area contributed by atoms with Crippen LogP contribution >= 0.6 is 0 Å². The molecule has 0 unspecified atom stereocenters. The van der Waals surface area contributed by atoms with Gasteiger partial charge >= 0.3 is 6.03 Å². The molecule has 1 N–H and O–H groups in total. The van der Waals surface area contributed by atoms with E-state index in [-0.39, 0.29) is 6.03 Å². The molecule has 1 aliphatic carbocycles. The Balaban J connectivity index is 1.69. The molecule has 0 aromatic rings. The first-order valence-corrected chi connectivity index (χ1v) is 7.35. The van der Waals surface area contributed by atoms with Crippen molar-refractivity contribution in [1.29, 1.82) is 0 Å². The van der Waals surface area contributed by atoms with Crippen molar-refractivity contribution in [2.45, 2.75) is 51.0 Å². The summed E-state index contributed by atoms with van der Waals surface area (Å²) in [6.07, 6.45) is 8.31. The number of nitrogens with one attached hydrogen (secondary N) is 1. The number of ether oxygens (including phenoxy) is 1. The Morgan fingerprint density at radius 3 is 2.50 bits per heavy atom. The van der Waals surface area contributed by atoms with Crippen LogP contribution in [-0.4, -0.2) is 43.8 Å². The summed E-state index contributed by atoms with van der Waals surface area (Å²) in [7, 11) is 1.91. The second kappa shape index (κ2) is 6.98. The molecule has 0 aromatic carbocycles. The van der Waals surface area contributed by atoms with Gasteiger partial charge < -0.3 is 15.0 Å². The zero-order valence-electron chi connectivity index (χ0n) is 11.5. The molecule has 1 aliphatic heterocycles. The first kappa shape index (κ1) is 13.7. The van der Waals surface area contributed by atoms with Gasteiger partial charge in [-0.2, -0.15) is 0 Å². The maximum Gasteiger partial charge on any atom is 0.317 e. The topological polar surface area (TPSA) is 41.6 Å². The van der Waals surface area contributed by atoms with Crippen molar-refractivity contribution in [2.75, 3.05) is 26.8 Å². The Bertz CT molecular complexity index is 259. The van der Waals surface area contributed by atoms with Crippen molar-refractivity contribution in [2.24, 2.45) is 5.92 Å². The quantitative estimate of drug-likeness (QED) is 0.840. The van der Waals surface area contributed by atoms with Crippen molar-refractivity contribution in [3.8, 4) is 0 Å². The summed E-state index contributed by atoms with van der Waals surface area (Å²) < 4.78 is 5.34. The maximum absolute atomic E-state index is 12.1. The van der Waals surface area contributed by atoms with Crippen LogP contribution in [0.2, 0.25) is 0 Å². The first-order chi connectivity index (χ1) is 8.75. The van der Waals surface area contributed by atoms with E-state index in [9.17, 15) is 4.79 Å². The predicted octanol–water partition coefficient (Wildman–Crippen LogP) is 2.39. The van der Waals surface area contributed by atoms with Gasteiger partial charge in [0.05, 0.1) is 0 Å². The van der Waals surface area contributed by atoms with Gasteiger partial charge in [-0.05, 0) is 31.6 Å². The summed E-state index contributed by atoms with van der Waals surface area (Å²) in [5.41, 5.74) is 0. The Kier molecular flexibility index (Phi) is 5.29. The van der Waals surface area contributed by atoms with E-state index in [0.717, 1.165) is 45.4 Å². The highest BCUT2D eigenvalue weighted by molar-refractivity contribution is 5.74. The van der Waals surface area contributed by atoms with Crippen molar-refractivity contribution >= 4 is 6.03 Å². The van der Waals surface area contributed by atoms with Crippen LogP contribution in [-0.2, 0) is 4.74 Å². The van der Waals surface area contributed by atoms with Crippen molar-refractivity contribution in [3.05, 3.63) is 0 Å². The highest BCUT2D eigenvalue weighted by Gasteiger charge is 2.21. The Morgan fingerprint density at radius 2 is 1.83 bits per heavy atom. The van der Waals surface area contributed by atoms with Crippen LogP contribution < -0.4 is 5.32 Å². The lowest BCUT2D eigenvalue weighted by molar-refractivity contribution is 0.0584. The summed E-state index contributed by atoms with van der Waals surface area (Å²) in [6, 6.07) is 0.511. The SMILES string of the molecule is CN(CC1CCOCC1)C(=O)NC1CCCCC1. The molecule has 2 rings (SSSR count). The number of carbonyl (C=O) groups excluding carboxylic acids is 1. The smallest absolute Gasteiger partial charge is 0.317 e. The molecule has 0 aromatic heterocycles. The second-order valence-electron chi connectivity index (χ2n) is 5.72. The van der Waals surface area contributed by atoms with Gasteiger partial charge in [-0.15, -0.1) is 0 Å². The third kappa shape index (κ3) is 4.16. The van der Waals surface area contributed by atoms with Gasteiger partial charge in [-0.1, -0.05) is 19.3 Å². The summed E-state index contributed by atoms with van der Waals surface area (Å²) in [4.78, 5) is 13.9. The number of carbonyl (C=O) groups is 1. The van der Waals surface area contributed by atoms with Crippen molar-refractivity contribution in [1.82, 2.24) is 10.2 Å². The van der Waals surface area contributed by atoms with Crippen molar-refractivity contribution < 1.29 is 9.53 Å². The molecule has 0 bridgehead atoms. The number of hydrogen-bond donors (Lipinski definition) is 1. The number of nitrogens with zero attached hydrogens (tertiary/aromatic N) is 1. The zero-order valence-corrected chi connectivity index (χ0v) is 11.5. The van der Waals surface area contributed by atoms with Gasteiger partial charge in [0.2, 0.25) is 0 Å². The Hall–Kier alpha value is -0.770. The predicted molar refractivity (Wildman–Crippen MR) is 71.6 cm³/mol. The average molecular weight is 254 g/mol. The van der Waals surface area contributed by atoms with Crippen LogP contribution in [0.5, 0.6) is 0 Å². The fourth-order valence-corrected chi connectivity index (χ4v) is 2.93. The van der Waals surface area contributed by atoms with E-state index in [2.05, 4.69) is 5.32 Å². The standard InChI is InChI=1S/C14H26N2O2/c1-16(11-12-7-9-18-10-8-12)14(17)15-13-5-3-2-4-6-13/h12-13H,2-11H2,1H3,(H,15,17). The summed E-state index contributed by atoms with van der Waals surface area (Å²) in [5, 5.41) is 3.16. The van der Waals surface area contributed by atoms with E-state index in [1.54, 1.807) is 0 Å². The van der Waals surface area contributed by atoms with Gasteiger partial charge in [0.1, 0.15) is 0 Å². The van der Waals surface area contributed by atoms with Crippen molar-refractivity contribution in [3.63, 3.8) is 0 Å². The second-order valence-corrected chi connectivity index (χ2v) is 5.72. The zero-order chi connectivity index (χ0) is 12.8. The lowest BCUT2D eigenvalue weighted by Gasteiger charge is -2.30. The van der Waals surface area contributed by atoms with Gasteiger partial charge in [0, 0.05) is 32.8 Å². The average Bonchev–Trinajstić information content (AvgIpc) is 2.41. The van der Waals surface area contributed by atoms with E-state index in [4.69, 9.17) is 4.74 Å². The molecule has 2 aliphatic rings. The van der Waals surface area contributed by atoms with E-state index in [1.807, 2.05) is 11.9 Å². The van der Waals surface area contributed by atoms with Crippen LogP contribution in [0.3, 0.4) is 0 Å². The summed E-state index contributed by atoms with van der Waals surface area (Å²) >= 11 is 0. The lowest BCUT2D eigenvalue weighted by atomic mass is 9.95. The minimum atomic E-state index is 0.105. The summed E-state index contributed by atoms with van der Waals surface area (Å²) in [6.45, 7) is 2.56. The van der Waals surface area contributed by atoms with Crippen LogP contribution in [0.4, 0.5) is 4.79 Å². The highest BCUT2D eigenvalue weighted by Crippen LogP contribution is 2.18. The van der Waals surface area contributed by atoms with Gasteiger partial charge in [0.25, 0.3) is 0 Å². The largest absolute Gasteiger partial charge is 0.381 e. The molecular formula is C14H26N2O2. The van der Waals surface area contributed by atoms with Crippen LogP contribution in [0, 0.1) is 5.92 Å². The molecule has 1 heterocycles. The van der Waals surface area contributed by atoms with E-state index >= 15 is 0 Å². The van der Waals surface area contributed by atoms with Gasteiger partial charge in [-0.3, -0.25) is 0 Å². The molecule has 0 atom stereocenters. The number of urea groups is 1. The third-order valence-corrected chi connectivity index (χ3v) is 4.15. The first-order valence-electron chi connectivity index (χ1n) is 7.35. The van der Waals surface area contributed by atoms with Crippen LogP contribution in [0.25, 0.3) is 0 Å². The number of amides is 2. The van der Waals surface area contributed by atoms with Gasteiger partial charge in [-0.25, -0.2) is 4.79 Å². The summed E-state index contributed by atoms with van der Waals surface area (Å²) in [5.74, 6) is 0.612. The van der Waals surface area contributed by atoms with Crippen LogP contribution in [0.1, 0.15) is 44.9 Å². The maximum atomic E-state index is 12.1. The number of rotatable bonds is 3. The highest BCUT2D eigenvalue weighted by atomic mass is 16.5. The molecule has 1 saturated carbocycles. The molecule has 18 heavy (non-hydrogen) atoms. The molecule has 104 valence electrons. The normalized spacial score (nSPS) is 22.7. The minimum Gasteiger partial charge on any atom is -0.381 e. The third-order valence-electron chi connectivity index (χ3n) is 4.15. The van der Waals surface area contributed by atoms with E-state index in [0.29, 0.717) is 12.0 Å². The number of hydrogen-bond acceptors (Lipinski definition) is 2. The van der Waals surface area contributed by atoms with Gasteiger partial charge in [0.15, 0.2) is 0 Å². The lowest BCUT2D eigenvalue weighted by Crippen LogP contribution is -2.45. The molecule has 4 nitrogen and oxygen atoms in total. The molecule has 2 amide bonds. The molecule has 1 saturated heterocycles. The molecular weight excluding hydrogens is 228 g/mol. The molecule has 4 heteroatoms. The monoisotopic (exact) mass is 254 g/mol. The molecule has 2 fully saturated rings. The minimum absolute atomic E-state index is 0.105. The van der Waals surface area contributed by atoms with E-state index in [1.165, 1.54) is 19.3 Å². The Morgan fingerprint density at radius 1 is 1.17 bits per heavy atom. The molecule has 0 spiro atoms. The van der Waals surface area contributed by atoms with Crippen LogP contribution in [0.15, 0.2) is 0 Å². The molecule has 0 radical (unpaired) electrons. The fourth-order valence-electron chi connectivity index (χ4n) is 2.93. The van der Waals surface area contributed by atoms with E-state index < -0.39 is 0 Å². The fraction of sp³-hybridized carbons (Fsp3) is 0.929.